The van der Waals surface area contributed by atoms with Crippen LogP contribution >= 0.6 is 11.6 Å². The summed E-state index contributed by atoms with van der Waals surface area (Å²) >= 11 is 5.92. The number of hydrogen-bond donors (Lipinski definition) is 2. The zero-order valence-electron chi connectivity index (χ0n) is 11.4. The molecule has 0 radical (unpaired) electrons. The third-order valence-corrected chi connectivity index (χ3v) is 3.70. The Morgan fingerprint density at radius 2 is 2.10 bits per heavy atom. The molecule has 5 nitrogen and oxygen atoms in total. The van der Waals surface area contributed by atoms with Crippen LogP contribution in [0.5, 0.6) is 0 Å². The van der Waals surface area contributed by atoms with E-state index in [-0.39, 0.29) is 0 Å². The largest absolute Gasteiger partial charge is 0.347 e. The Balaban J connectivity index is 1.80. The fraction of sp³-hybridized carbons (Fsp3) is 0.429. The van der Waals surface area contributed by atoms with Crippen molar-refractivity contribution in [2.75, 3.05) is 32.0 Å². The molecule has 1 aromatic carbocycles. The summed E-state index contributed by atoms with van der Waals surface area (Å²) in [4.78, 5) is 25.7. The number of nitrogens with zero attached hydrogens (tertiary/aromatic N) is 1. The van der Waals surface area contributed by atoms with E-state index in [4.69, 9.17) is 11.6 Å². The van der Waals surface area contributed by atoms with Crippen LogP contribution in [0.4, 0.5) is 5.69 Å². The number of carbonyl (C=O) groups is 2. The molecule has 108 valence electrons. The summed E-state index contributed by atoms with van der Waals surface area (Å²) in [6.45, 7) is 2.51. The zero-order valence-corrected chi connectivity index (χ0v) is 12.1. The van der Waals surface area contributed by atoms with Crippen LogP contribution in [0.25, 0.3) is 0 Å². The Bertz CT molecular complexity index is 507. The van der Waals surface area contributed by atoms with E-state index < -0.39 is 11.8 Å². The highest BCUT2D eigenvalue weighted by Crippen LogP contribution is 2.20. The lowest BCUT2D eigenvalue weighted by Crippen LogP contribution is -2.38. The number of anilines is 1. The summed E-state index contributed by atoms with van der Waals surface area (Å²) < 4.78 is 0. The lowest BCUT2D eigenvalue weighted by atomic mass is 10.1. The second-order valence-corrected chi connectivity index (χ2v) is 5.47. The quantitative estimate of drug-likeness (QED) is 0.828. The van der Waals surface area contributed by atoms with Crippen LogP contribution in [0.1, 0.15) is 6.42 Å². The minimum absolute atomic E-state index is 0.408. The van der Waals surface area contributed by atoms with Crippen molar-refractivity contribution in [3.05, 3.63) is 29.3 Å². The van der Waals surface area contributed by atoms with Crippen molar-refractivity contribution >= 4 is 29.1 Å². The van der Waals surface area contributed by atoms with E-state index in [9.17, 15) is 9.59 Å². The molecule has 1 fully saturated rings. The molecule has 6 heteroatoms. The minimum atomic E-state index is -0.690. The lowest BCUT2D eigenvalue weighted by molar-refractivity contribution is -0.136. The SMILES string of the molecule is CN1CC[C@@H](CNC(=O)C(=O)Nc2ccccc2Cl)C1. The fourth-order valence-corrected chi connectivity index (χ4v) is 2.43. The van der Waals surface area contributed by atoms with Crippen molar-refractivity contribution in [1.82, 2.24) is 10.2 Å². The molecule has 1 saturated heterocycles. The minimum Gasteiger partial charge on any atom is -0.347 e. The maximum Gasteiger partial charge on any atom is 0.313 e. The number of carbonyl (C=O) groups excluding carboxylic acids is 2. The average molecular weight is 296 g/mol. The smallest absolute Gasteiger partial charge is 0.313 e. The van der Waals surface area contributed by atoms with Gasteiger partial charge in [-0.25, -0.2) is 0 Å². The molecule has 1 aliphatic rings. The van der Waals surface area contributed by atoms with Crippen molar-refractivity contribution in [2.45, 2.75) is 6.42 Å². The number of amides is 2. The maximum atomic E-state index is 11.7. The zero-order chi connectivity index (χ0) is 14.5. The number of rotatable bonds is 3. The number of benzene rings is 1. The fourth-order valence-electron chi connectivity index (χ4n) is 2.25. The Morgan fingerprint density at radius 1 is 1.35 bits per heavy atom. The van der Waals surface area contributed by atoms with Crippen molar-refractivity contribution < 1.29 is 9.59 Å². The van der Waals surface area contributed by atoms with Crippen LogP contribution in [-0.2, 0) is 9.59 Å². The van der Waals surface area contributed by atoms with Crippen LogP contribution < -0.4 is 10.6 Å². The summed E-state index contributed by atoms with van der Waals surface area (Å²) in [6.07, 6.45) is 1.04. The first-order chi connectivity index (χ1) is 9.56. The summed E-state index contributed by atoms with van der Waals surface area (Å²) in [7, 11) is 2.05. The second-order valence-electron chi connectivity index (χ2n) is 5.06. The highest BCUT2D eigenvalue weighted by molar-refractivity contribution is 6.41. The molecule has 1 aromatic rings. The van der Waals surface area contributed by atoms with Gasteiger partial charge in [-0.05, 0) is 38.1 Å². The van der Waals surface area contributed by atoms with Gasteiger partial charge >= 0.3 is 11.8 Å². The van der Waals surface area contributed by atoms with Gasteiger partial charge < -0.3 is 15.5 Å². The maximum absolute atomic E-state index is 11.7. The van der Waals surface area contributed by atoms with Crippen LogP contribution in [-0.4, -0.2) is 43.4 Å². The molecular weight excluding hydrogens is 278 g/mol. The van der Waals surface area contributed by atoms with E-state index in [1.54, 1.807) is 24.3 Å². The number of halogens is 1. The van der Waals surface area contributed by atoms with E-state index in [1.165, 1.54) is 0 Å². The standard InChI is InChI=1S/C14H18ClN3O2/c1-18-7-6-10(9-18)8-16-13(19)14(20)17-12-5-3-2-4-11(12)15/h2-5,10H,6-9H2,1H3,(H,16,19)(H,17,20)/t10-/m0/s1. The van der Waals surface area contributed by atoms with E-state index in [2.05, 4.69) is 15.5 Å². The molecule has 2 N–H and O–H groups in total. The van der Waals surface area contributed by atoms with E-state index in [0.717, 1.165) is 19.5 Å². The van der Waals surface area contributed by atoms with Gasteiger partial charge in [0, 0.05) is 13.1 Å². The summed E-state index contributed by atoms with van der Waals surface area (Å²) in [5, 5.41) is 5.57. The summed E-state index contributed by atoms with van der Waals surface area (Å²) in [5.41, 5.74) is 0.440. The first-order valence-electron chi connectivity index (χ1n) is 6.58. The molecule has 0 unspecified atom stereocenters. The Morgan fingerprint density at radius 3 is 2.75 bits per heavy atom. The van der Waals surface area contributed by atoms with Crippen LogP contribution in [0.2, 0.25) is 5.02 Å². The first kappa shape index (κ1) is 14.8. The average Bonchev–Trinajstić information content (AvgIpc) is 2.84. The Labute approximate surface area is 123 Å². The number of likely N-dealkylation sites (tertiary alicyclic amines) is 1. The summed E-state index contributed by atoms with van der Waals surface area (Å²) in [6, 6.07) is 6.81. The van der Waals surface area contributed by atoms with Gasteiger partial charge in [-0.2, -0.15) is 0 Å². The van der Waals surface area contributed by atoms with Gasteiger partial charge in [0.15, 0.2) is 0 Å². The third-order valence-electron chi connectivity index (χ3n) is 3.37. The Kier molecular flexibility index (Phi) is 4.98. The molecule has 20 heavy (non-hydrogen) atoms. The number of nitrogens with one attached hydrogen (secondary N) is 2. The van der Waals surface area contributed by atoms with Gasteiger partial charge in [-0.15, -0.1) is 0 Å². The molecule has 0 aliphatic carbocycles. The van der Waals surface area contributed by atoms with Crippen molar-refractivity contribution in [3.63, 3.8) is 0 Å². The highest BCUT2D eigenvalue weighted by Gasteiger charge is 2.21. The molecule has 0 bridgehead atoms. The highest BCUT2D eigenvalue weighted by atomic mass is 35.5. The van der Waals surface area contributed by atoms with Gasteiger partial charge in [0.05, 0.1) is 10.7 Å². The molecule has 1 atom stereocenters. The van der Waals surface area contributed by atoms with Gasteiger partial charge in [0.25, 0.3) is 0 Å². The van der Waals surface area contributed by atoms with E-state index in [1.807, 2.05) is 7.05 Å². The van der Waals surface area contributed by atoms with Gasteiger partial charge in [0.1, 0.15) is 0 Å². The van der Waals surface area contributed by atoms with Gasteiger partial charge in [0.2, 0.25) is 0 Å². The van der Waals surface area contributed by atoms with Crippen molar-refractivity contribution in [3.8, 4) is 0 Å². The number of para-hydroxylation sites is 1. The van der Waals surface area contributed by atoms with Gasteiger partial charge in [-0.3, -0.25) is 9.59 Å². The molecule has 2 rings (SSSR count). The monoisotopic (exact) mass is 295 g/mol. The molecule has 0 saturated carbocycles. The predicted molar refractivity (Wildman–Crippen MR) is 78.7 cm³/mol. The number of hydrogen-bond acceptors (Lipinski definition) is 3. The Hall–Kier alpha value is -1.59. The predicted octanol–water partition coefficient (Wildman–Crippen LogP) is 1.35. The topological polar surface area (TPSA) is 61.4 Å². The molecule has 0 spiro atoms. The van der Waals surface area contributed by atoms with E-state index >= 15 is 0 Å². The molecular formula is C14H18ClN3O2. The van der Waals surface area contributed by atoms with Crippen LogP contribution in [0.15, 0.2) is 24.3 Å². The second kappa shape index (κ2) is 6.72. The third kappa shape index (κ3) is 3.95. The molecule has 0 aromatic heterocycles. The lowest BCUT2D eigenvalue weighted by Gasteiger charge is -2.12. The first-order valence-corrected chi connectivity index (χ1v) is 6.96. The van der Waals surface area contributed by atoms with Gasteiger partial charge in [-0.1, -0.05) is 23.7 Å². The van der Waals surface area contributed by atoms with Crippen LogP contribution in [0, 0.1) is 5.92 Å². The summed E-state index contributed by atoms with van der Waals surface area (Å²) in [5.74, 6) is -0.902. The van der Waals surface area contributed by atoms with Crippen LogP contribution in [0.3, 0.4) is 0 Å². The normalized spacial score (nSPS) is 18.8. The molecule has 1 heterocycles. The molecule has 1 aliphatic heterocycles. The van der Waals surface area contributed by atoms with Crippen molar-refractivity contribution in [1.29, 1.82) is 0 Å². The van der Waals surface area contributed by atoms with E-state index in [0.29, 0.717) is 23.2 Å². The van der Waals surface area contributed by atoms with Crippen molar-refractivity contribution in [2.24, 2.45) is 5.92 Å². The molecule has 2 amide bonds.